The molecule has 0 saturated carbocycles. The van der Waals surface area contributed by atoms with E-state index in [9.17, 15) is 9.59 Å². The molecule has 0 aromatic heterocycles. The fourth-order valence-corrected chi connectivity index (χ4v) is 2.70. The van der Waals surface area contributed by atoms with E-state index in [0.717, 1.165) is 10.0 Å². The largest absolute Gasteiger partial charge is 0.496 e. The van der Waals surface area contributed by atoms with Crippen molar-refractivity contribution in [2.75, 3.05) is 7.11 Å². The van der Waals surface area contributed by atoms with Crippen LogP contribution in [0.15, 0.2) is 33.9 Å². The average Bonchev–Trinajstić information content (AvgIpc) is 2.37. The van der Waals surface area contributed by atoms with Gasteiger partial charge in [-0.2, -0.15) is 0 Å². The summed E-state index contributed by atoms with van der Waals surface area (Å²) in [5.74, 6) is 0.522. The maximum Gasteiger partial charge on any atom is 0.319 e. The van der Waals surface area contributed by atoms with Crippen molar-refractivity contribution in [1.82, 2.24) is 10.6 Å². The Bertz CT molecular complexity index is 610. The van der Waals surface area contributed by atoms with Crippen LogP contribution in [0.2, 0.25) is 0 Å². The van der Waals surface area contributed by atoms with Crippen LogP contribution in [0.4, 0.5) is 4.79 Å². The van der Waals surface area contributed by atoms with Gasteiger partial charge in [0.1, 0.15) is 5.75 Å². The third kappa shape index (κ3) is 2.70. The van der Waals surface area contributed by atoms with Gasteiger partial charge in [-0.1, -0.05) is 15.9 Å². The van der Waals surface area contributed by atoms with E-state index in [1.807, 2.05) is 12.1 Å². The van der Waals surface area contributed by atoms with E-state index < -0.39 is 6.04 Å². The van der Waals surface area contributed by atoms with Crippen molar-refractivity contribution in [3.63, 3.8) is 0 Å². The van der Waals surface area contributed by atoms with Crippen LogP contribution in [-0.2, 0) is 4.79 Å². The molecule has 1 aliphatic heterocycles. The summed E-state index contributed by atoms with van der Waals surface area (Å²) < 4.78 is 6.17. The molecule has 2 amide bonds. The highest BCUT2D eigenvalue weighted by Gasteiger charge is 2.31. The number of rotatable bonds is 3. The first kappa shape index (κ1) is 14.6. The Kier molecular flexibility index (Phi) is 4.13. The topological polar surface area (TPSA) is 67.4 Å². The van der Waals surface area contributed by atoms with Crippen LogP contribution in [-0.4, -0.2) is 18.9 Å². The zero-order valence-corrected chi connectivity index (χ0v) is 13.0. The Morgan fingerprint density at radius 2 is 2.10 bits per heavy atom. The van der Waals surface area contributed by atoms with Gasteiger partial charge in [0, 0.05) is 21.3 Å². The zero-order chi connectivity index (χ0) is 14.9. The Morgan fingerprint density at radius 1 is 1.40 bits per heavy atom. The molecule has 2 rings (SSSR count). The molecule has 6 heteroatoms. The first-order valence-corrected chi connectivity index (χ1v) is 6.86. The lowest BCUT2D eigenvalue weighted by Crippen LogP contribution is -2.44. The monoisotopic (exact) mass is 338 g/mol. The molecule has 1 aliphatic rings. The lowest BCUT2D eigenvalue weighted by atomic mass is 9.92. The molecule has 106 valence electrons. The molecule has 5 nitrogen and oxygen atoms in total. The normalized spacial score (nSPS) is 18.4. The quantitative estimate of drug-likeness (QED) is 0.890. The number of Topliss-reactive ketones (excluding diaryl/α,β-unsaturated/α-hetero) is 1. The molecule has 0 saturated heterocycles. The minimum atomic E-state index is -0.520. The number of halogens is 1. The molecule has 20 heavy (non-hydrogen) atoms. The van der Waals surface area contributed by atoms with E-state index in [1.54, 1.807) is 20.1 Å². The van der Waals surface area contributed by atoms with Gasteiger partial charge in [-0.15, -0.1) is 0 Å². The summed E-state index contributed by atoms with van der Waals surface area (Å²) in [5.41, 5.74) is 1.83. The van der Waals surface area contributed by atoms with Crippen molar-refractivity contribution >= 4 is 27.7 Å². The van der Waals surface area contributed by atoms with Crippen molar-refractivity contribution in [2.45, 2.75) is 19.9 Å². The van der Waals surface area contributed by atoms with Crippen LogP contribution >= 0.6 is 15.9 Å². The minimum absolute atomic E-state index is 0.0953. The lowest BCUT2D eigenvalue weighted by molar-refractivity contribution is -0.114. The molecule has 1 unspecified atom stereocenters. The van der Waals surface area contributed by atoms with E-state index >= 15 is 0 Å². The van der Waals surface area contributed by atoms with Gasteiger partial charge in [0.25, 0.3) is 0 Å². The number of urea groups is 1. The fraction of sp³-hybridized carbons (Fsp3) is 0.286. The summed E-state index contributed by atoms with van der Waals surface area (Å²) in [6, 6.07) is 4.62. The number of hydrogen-bond acceptors (Lipinski definition) is 3. The van der Waals surface area contributed by atoms with Gasteiger partial charge in [0.05, 0.1) is 13.2 Å². The highest BCUT2D eigenvalue weighted by atomic mass is 79.9. The van der Waals surface area contributed by atoms with Gasteiger partial charge >= 0.3 is 6.03 Å². The molecule has 2 N–H and O–H groups in total. The third-order valence-corrected chi connectivity index (χ3v) is 3.64. The Labute approximate surface area is 125 Å². The van der Waals surface area contributed by atoms with E-state index in [-0.39, 0.29) is 11.8 Å². The van der Waals surface area contributed by atoms with Crippen molar-refractivity contribution < 1.29 is 14.3 Å². The maximum absolute atomic E-state index is 11.9. The Hall–Kier alpha value is -1.82. The molecule has 1 aromatic carbocycles. The summed E-state index contributed by atoms with van der Waals surface area (Å²) in [5, 5.41) is 5.39. The van der Waals surface area contributed by atoms with Gasteiger partial charge in [0.15, 0.2) is 5.78 Å². The number of hydrogen-bond donors (Lipinski definition) is 2. The predicted octanol–water partition coefficient (Wildman–Crippen LogP) is 2.67. The first-order chi connectivity index (χ1) is 9.43. The van der Waals surface area contributed by atoms with E-state index in [4.69, 9.17) is 4.74 Å². The van der Waals surface area contributed by atoms with Crippen molar-refractivity contribution in [2.24, 2.45) is 0 Å². The second kappa shape index (κ2) is 5.66. The van der Waals surface area contributed by atoms with Crippen LogP contribution in [0.25, 0.3) is 0 Å². The molecule has 0 aliphatic carbocycles. The van der Waals surface area contributed by atoms with Crippen LogP contribution in [0.3, 0.4) is 0 Å². The first-order valence-electron chi connectivity index (χ1n) is 6.06. The Morgan fingerprint density at radius 3 is 2.70 bits per heavy atom. The van der Waals surface area contributed by atoms with Crippen molar-refractivity contribution in [3.8, 4) is 5.75 Å². The maximum atomic E-state index is 11.9. The smallest absolute Gasteiger partial charge is 0.319 e. The summed E-state index contributed by atoms with van der Waals surface area (Å²) in [7, 11) is 1.56. The number of carbonyl (C=O) groups is 2. The van der Waals surface area contributed by atoms with Gasteiger partial charge in [-0.25, -0.2) is 4.79 Å². The fourth-order valence-electron chi connectivity index (χ4n) is 2.32. The van der Waals surface area contributed by atoms with E-state index in [2.05, 4.69) is 26.6 Å². The van der Waals surface area contributed by atoms with E-state index in [0.29, 0.717) is 17.0 Å². The number of carbonyl (C=O) groups excluding carboxylic acids is 2. The highest BCUT2D eigenvalue weighted by Crippen LogP contribution is 2.34. The molecule has 0 radical (unpaired) electrons. The number of ether oxygens (including phenoxy) is 1. The number of nitrogens with one attached hydrogen (secondary N) is 2. The van der Waals surface area contributed by atoms with Crippen LogP contribution in [0, 0.1) is 0 Å². The number of ketones is 1. The van der Waals surface area contributed by atoms with Gasteiger partial charge in [-0.3, -0.25) is 4.79 Å². The van der Waals surface area contributed by atoms with Gasteiger partial charge in [0.2, 0.25) is 0 Å². The predicted molar refractivity (Wildman–Crippen MR) is 78.5 cm³/mol. The van der Waals surface area contributed by atoms with Crippen molar-refractivity contribution in [1.29, 1.82) is 0 Å². The molecule has 0 bridgehead atoms. The molecule has 1 atom stereocenters. The standard InChI is InChI=1S/C14H15BrN2O3/c1-7-12(8(2)18)13(17-14(19)16-7)10-6-9(15)4-5-11(10)20-3/h4-6,13H,1-3H3,(H2,16,17,19). The number of allylic oxidation sites excluding steroid dienone is 1. The minimum Gasteiger partial charge on any atom is -0.496 e. The van der Waals surface area contributed by atoms with Crippen molar-refractivity contribution in [3.05, 3.63) is 39.5 Å². The lowest BCUT2D eigenvalue weighted by Gasteiger charge is -2.29. The third-order valence-electron chi connectivity index (χ3n) is 3.15. The van der Waals surface area contributed by atoms with E-state index in [1.165, 1.54) is 6.92 Å². The molecule has 1 aromatic rings. The molecule has 0 fully saturated rings. The summed E-state index contributed by atoms with van der Waals surface area (Å²) >= 11 is 3.39. The molecule has 1 heterocycles. The summed E-state index contributed by atoms with van der Waals surface area (Å²) in [6.45, 7) is 3.20. The number of benzene rings is 1. The summed E-state index contributed by atoms with van der Waals surface area (Å²) in [4.78, 5) is 23.6. The van der Waals surface area contributed by atoms with Crippen LogP contribution in [0.1, 0.15) is 25.5 Å². The molecule has 0 spiro atoms. The highest BCUT2D eigenvalue weighted by molar-refractivity contribution is 9.10. The van der Waals surface area contributed by atoms with Crippen LogP contribution in [0.5, 0.6) is 5.75 Å². The number of amides is 2. The van der Waals surface area contributed by atoms with Gasteiger partial charge in [-0.05, 0) is 32.0 Å². The Balaban J connectivity index is 2.59. The summed E-state index contributed by atoms with van der Waals surface area (Å²) in [6.07, 6.45) is 0. The SMILES string of the molecule is COc1ccc(Br)cc1C1NC(=O)NC(C)=C1C(C)=O. The zero-order valence-electron chi connectivity index (χ0n) is 11.4. The van der Waals surface area contributed by atoms with Gasteiger partial charge < -0.3 is 15.4 Å². The molecular weight excluding hydrogens is 324 g/mol. The second-order valence-electron chi connectivity index (χ2n) is 4.51. The average molecular weight is 339 g/mol. The second-order valence-corrected chi connectivity index (χ2v) is 5.43. The van der Waals surface area contributed by atoms with Crippen LogP contribution < -0.4 is 15.4 Å². The molecular formula is C14H15BrN2O3. The number of methoxy groups -OCH3 is 1.